The summed E-state index contributed by atoms with van der Waals surface area (Å²) >= 11 is 0. The average molecular weight is 476 g/mol. The highest BCUT2D eigenvalue weighted by Gasteiger charge is 2.55. The number of aromatic nitrogens is 1. The molecule has 4 rings (SSSR count). The highest BCUT2D eigenvalue weighted by molar-refractivity contribution is 5.94. The van der Waals surface area contributed by atoms with Crippen LogP contribution in [0, 0.1) is 23.0 Å². The van der Waals surface area contributed by atoms with E-state index < -0.39 is 35.0 Å². The van der Waals surface area contributed by atoms with Gasteiger partial charge in [-0.25, -0.2) is 8.78 Å². The summed E-state index contributed by atoms with van der Waals surface area (Å²) in [6.07, 6.45) is 4.86. The molecule has 1 aromatic carbocycles. The van der Waals surface area contributed by atoms with E-state index in [1.807, 2.05) is 0 Å². The van der Waals surface area contributed by atoms with Gasteiger partial charge in [0.1, 0.15) is 11.6 Å². The lowest BCUT2D eigenvalue weighted by Gasteiger charge is -2.59. The molecule has 1 saturated carbocycles. The largest absolute Gasteiger partial charge is 0.481 e. The second kappa shape index (κ2) is 9.09. The number of amides is 1. The van der Waals surface area contributed by atoms with Crippen LogP contribution in [0.3, 0.4) is 0 Å². The zero-order valence-electron chi connectivity index (χ0n) is 19.7. The molecule has 0 spiro atoms. The maximum absolute atomic E-state index is 14.1. The van der Waals surface area contributed by atoms with Gasteiger partial charge >= 0.3 is 5.97 Å². The highest BCUT2D eigenvalue weighted by Crippen LogP contribution is 2.44. The summed E-state index contributed by atoms with van der Waals surface area (Å²) in [5, 5.41) is 16.6. The summed E-state index contributed by atoms with van der Waals surface area (Å²) in [5.41, 5.74) is -0.922. The second-order valence-corrected chi connectivity index (χ2v) is 10.3. The van der Waals surface area contributed by atoms with Crippen molar-refractivity contribution in [3.05, 3.63) is 41.6 Å². The van der Waals surface area contributed by atoms with Crippen LogP contribution in [0.1, 0.15) is 63.4 Å². The van der Waals surface area contributed by atoms with Gasteiger partial charge in [-0.15, -0.1) is 0 Å². The lowest BCUT2D eigenvalue weighted by atomic mass is 9.68. The molecule has 2 atom stereocenters. The van der Waals surface area contributed by atoms with Crippen LogP contribution in [-0.2, 0) is 4.79 Å². The van der Waals surface area contributed by atoms with E-state index in [0.717, 1.165) is 31.4 Å². The van der Waals surface area contributed by atoms with Gasteiger partial charge in [-0.1, -0.05) is 38.8 Å². The second-order valence-electron chi connectivity index (χ2n) is 10.3. The highest BCUT2D eigenvalue weighted by atomic mass is 19.1. The fraction of sp³-hybridized carbons (Fsp3) is 0.560. The van der Waals surface area contributed by atoms with Crippen LogP contribution in [0.5, 0.6) is 0 Å². The third-order valence-corrected chi connectivity index (χ3v) is 7.54. The number of hydrogen-bond acceptors (Lipinski definition) is 5. The molecule has 1 aliphatic carbocycles. The molecule has 184 valence electrons. The Bertz CT molecular complexity index is 1080. The number of aliphatic carboxylic acids is 1. The summed E-state index contributed by atoms with van der Waals surface area (Å²) in [6.45, 7) is 7.17. The van der Waals surface area contributed by atoms with Crippen LogP contribution in [0.15, 0.2) is 28.8 Å². The molecular weight excluding hydrogens is 444 g/mol. The Morgan fingerprint density at radius 1 is 1.26 bits per heavy atom. The molecule has 1 aromatic heterocycles. The van der Waals surface area contributed by atoms with Gasteiger partial charge in [0.05, 0.1) is 17.0 Å². The Kier molecular flexibility index (Phi) is 6.50. The fourth-order valence-electron chi connectivity index (χ4n) is 5.73. The third kappa shape index (κ3) is 4.45. The van der Waals surface area contributed by atoms with Crippen LogP contribution in [0.4, 0.5) is 8.78 Å². The van der Waals surface area contributed by atoms with Crippen molar-refractivity contribution in [3.8, 4) is 11.3 Å². The van der Waals surface area contributed by atoms with Crippen molar-refractivity contribution in [1.82, 2.24) is 15.4 Å². The van der Waals surface area contributed by atoms with Gasteiger partial charge in [0.15, 0.2) is 11.5 Å². The molecule has 2 heterocycles. The van der Waals surface area contributed by atoms with E-state index in [-0.39, 0.29) is 22.4 Å². The van der Waals surface area contributed by atoms with Gasteiger partial charge in [0, 0.05) is 31.3 Å². The SMILES string of the molecule is CCC(C(=O)O)C1(NC(=O)c2cc(-c3ccc(F)cc3F)on2)CN(C2CCCCC2(C)C)C1. The summed E-state index contributed by atoms with van der Waals surface area (Å²) in [5.74, 6) is -3.88. The molecule has 0 bridgehead atoms. The minimum atomic E-state index is -0.959. The van der Waals surface area contributed by atoms with Gasteiger partial charge in [-0.2, -0.15) is 0 Å². The number of benzene rings is 1. The van der Waals surface area contributed by atoms with E-state index in [1.165, 1.54) is 18.6 Å². The monoisotopic (exact) mass is 475 g/mol. The van der Waals surface area contributed by atoms with Crippen molar-refractivity contribution in [1.29, 1.82) is 0 Å². The molecule has 1 saturated heterocycles. The molecule has 7 nitrogen and oxygen atoms in total. The van der Waals surface area contributed by atoms with Crippen LogP contribution >= 0.6 is 0 Å². The molecule has 2 unspecified atom stereocenters. The summed E-state index contributed by atoms with van der Waals surface area (Å²) in [4.78, 5) is 27.5. The number of carboxylic acids is 1. The lowest BCUT2D eigenvalue weighted by molar-refractivity contribution is -0.151. The van der Waals surface area contributed by atoms with Gasteiger partial charge in [0.25, 0.3) is 5.91 Å². The Hall–Kier alpha value is -2.81. The van der Waals surface area contributed by atoms with Gasteiger partial charge in [-0.3, -0.25) is 14.5 Å². The van der Waals surface area contributed by atoms with Crippen molar-refractivity contribution >= 4 is 11.9 Å². The Morgan fingerprint density at radius 2 is 2.00 bits per heavy atom. The zero-order chi connectivity index (χ0) is 24.7. The van der Waals surface area contributed by atoms with E-state index in [2.05, 4.69) is 29.2 Å². The number of carbonyl (C=O) groups is 2. The van der Waals surface area contributed by atoms with E-state index in [0.29, 0.717) is 25.6 Å². The van der Waals surface area contributed by atoms with Crippen LogP contribution in [0.2, 0.25) is 0 Å². The fourth-order valence-corrected chi connectivity index (χ4v) is 5.73. The predicted molar refractivity (Wildman–Crippen MR) is 121 cm³/mol. The number of carbonyl (C=O) groups excluding carboxylic acids is 1. The van der Waals surface area contributed by atoms with Gasteiger partial charge in [0.2, 0.25) is 0 Å². The maximum atomic E-state index is 14.1. The van der Waals surface area contributed by atoms with Crippen molar-refractivity contribution in [2.45, 2.75) is 64.5 Å². The number of nitrogens with zero attached hydrogens (tertiary/aromatic N) is 2. The third-order valence-electron chi connectivity index (χ3n) is 7.54. The summed E-state index contributed by atoms with van der Waals surface area (Å²) < 4.78 is 32.5. The van der Waals surface area contributed by atoms with Crippen LogP contribution in [0.25, 0.3) is 11.3 Å². The number of rotatable bonds is 7. The van der Waals surface area contributed by atoms with E-state index in [9.17, 15) is 23.5 Å². The smallest absolute Gasteiger partial charge is 0.308 e. The Morgan fingerprint density at radius 3 is 2.62 bits per heavy atom. The quantitative estimate of drug-likeness (QED) is 0.613. The first-order valence-corrected chi connectivity index (χ1v) is 11.8. The molecule has 9 heteroatoms. The molecule has 2 N–H and O–H groups in total. The minimum absolute atomic E-state index is 0.0128. The van der Waals surface area contributed by atoms with Crippen molar-refractivity contribution in [2.75, 3.05) is 13.1 Å². The first-order chi connectivity index (χ1) is 16.1. The normalized spacial score (nSPS) is 22.6. The zero-order valence-corrected chi connectivity index (χ0v) is 19.7. The topological polar surface area (TPSA) is 95.7 Å². The molecule has 0 radical (unpaired) electrons. The van der Waals surface area contributed by atoms with Gasteiger partial charge < -0.3 is 14.9 Å². The number of carboxylic acid groups (broad SMARTS) is 1. The molecule has 1 amide bonds. The maximum Gasteiger partial charge on any atom is 0.308 e. The number of halogens is 2. The van der Waals surface area contributed by atoms with Crippen molar-refractivity contribution in [3.63, 3.8) is 0 Å². The molecule has 2 fully saturated rings. The first kappa shape index (κ1) is 24.3. The standard InChI is InChI=1S/C25H31F2N3O4/c1-4-17(23(32)33)25(13-30(14-25)21-7-5-6-10-24(21,2)3)28-22(31)19-12-20(34-29-19)16-9-8-15(26)11-18(16)27/h8-9,11-12,17,21H,4-7,10,13-14H2,1-3H3,(H,28,31)(H,32,33). The first-order valence-electron chi connectivity index (χ1n) is 11.8. The summed E-state index contributed by atoms with van der Waals surface area (Å²) in [7, 11) is 0. The Labute approximate surface area is 197 Å². The van der Waals surface area contributed by atoms with E-state index in [1.54, 1.807) is 6.92 Å². The molecule has 1 aliphatic heterocycles. The lowest BCUT2D eigenvalue weighted by Crippen LogP contribution is -2.77. The molecule has 2 aliphatic rings. The van der Waals surface area contributed by atoms with Crippen molar-refractivity contribution in [2.24, 2.45) is 11.3 Å². The van der Waals surface area contributed by atoms with Crippen LogP contribution < -0.4 is 5.32 Å². The predicted octanol–water partition coefficient (Wildman–Crippen LogP) is 4.48. The van der Waals surface area contributed by atoms with Gasteiger partial charge in [-0.05, 0) is 36.8 Å². The molecular formula is C25H31F2N3O4. The Balaban J connectivity index is 1.54. The minimum Gasteiger partial charge on any atom is -0.481 e. The molecule has 34 heavy (non-hydrogen) atoms. The average Bonchev–Trinajstić information content (AvgIpc) is 3.21. The summed E-state index contributed by atoms with van der Waals surface area (Å²) in [6, 6.07) is 4.63. The van der Waals surface area contributed by atoms with Crippen LogP contribution in [-0.4, -0.2) is 51.7 Å². The number of hydrogen-bond donors (Lipinski definition) is 2. The van der Waals surface area contributed by atoms with Crippen molar-refractivity contribution < 1.29 is 28.0 Å². The van der Waals surface area contributed by atoms with E-state index >= 15 is 0 Å². The molecule has 2 aromatic rings. The van der Waals surface area contributed by atoms with E-state index in [4.69, 9.17) is 4.52 Å². The number of likely N-dealkylation sites (tertiary alicyclic amines) is 1. The number of nitrogens with one attached hydrogen (secondary N) is 1.